The van der Waals surface area contributed by atoms with Crippen molar-refractivity contribution in [2.24, 2.45) is 0 Å². The molecular formula is C21H20ClF3N4O2. The second-order valence-corrected chi connectivity index (χ2v) is 7.68. The number of halogens is 4. The summed E-state index contributed by atoms with van der Waals surface area (Å²) >= 11 is 5.76. The first kappa shape index (κ1) is 22.6. The molecule has 31 heavy (non-hydrogen) atoms. The van der Waals surface area contributed by atoms with Crippen LogP contribution in [0.25, 0.3) is 17.1 Å². The molecule has 1 unspecified atom stereocenters. The first-order valence-corrected chi connectivity index (χ1v) is 9.85. The molecule has 0 aliphatic heterocycles. The topological polar surface area (TPSA) is 69.0 Å². The molecule has 1 aromatic heterocycles. The molecule has 0 bridgehead atoms. The molecule has 0 saturated carbocycles. The Labute approximate surface area is 182 Å². The number of nitrogens with zero attached hydrogens (tertiary/aromatic N) is 3. The van der Waals surface area contributed by atoms with Crippen LogP contribution in [0.3, 0.4) is 0 Å². The lowest BCUT2D eigenvalue weighted by molar-refractivity contribution is -0.137. The Hall–Kier alpha value is -3.07. The fourth-order valence-corrected chi connectivity index (χ4v) is 2.71. The smallest absolute Gasteiger partial charge is 0.416 e. The maximum Gasteiger partial charge on any atom is 0.416 e. The van der Waals surface area contributed by atoms with E-state index in [0.717, 1.165) is 12.1 Å². The molecule has 0 aliphatic carbocycles. The van der Waals surface area contributed by atoms with Crippen LogP contribution in [0, 0.1) is 0 Å². The Balaban J connectivity index is 1.97. The van der Waals surface area contributed by atoms with Crippen molar-refractivity contribution in [3.8, 4) is 23.1 Å². The molecule has 0 saturated heterocycles. The second kappa shape index (κ2) is 8.97. The summed E-state index contributed by atoms with van der Waals surface area (Å²) in [6, 6.07) is 11.4. The maximum absolute atomic E-state index is 12.9. The standard InChI is InChI=1S/C21H20ClF3N4O2/c1-12(2)31-20-27-18(14-4-6-15(7-5-14)21(23,24)25)29(28-20)17-10-8-16(9-11-17)26-19(30)13(3)22/h4-13H,1-3H3,(H,26,30). The van der Waals surface area contributed by atoms with E-state index >= 15 is 0 Å². The number of amides is 1. The van der Waals surface area contributed by atoms with Gasteiger partial charge in [-0.05, 0) is 57.2 Å². The van der Waals surface area contributed by atoms with Gasteiger partial charge < -0.3 is 10.1 Å². The van der Waals surface area contributed by atoms with Gasteiger partial charge in [0.15, 0.2) is 5.82 Å². The lowest BCUT2D eigenvalue weighted by Gasteiger charge is -2.10. The van der Waals surface area contributed by atoms with Gasteiger partial charge in [-0.25, -0.2) is 4.68 Å². The Kier molecular flexibility index (Phi) is 6.54. The van der Waals surface area contributed by atoms with Gasteiger partial charge in [-0.15, -0.1) is 16.7 Å². The van der Waals surface area contributed by atoms with Crippen molar-refractivity contribution in [2.75, 3.05) is 5.32 Å². The summed E-state index contributed by atoms with van der Waals surface area (Å²) < 4.78 is 45.7. The van der Waals surface area contributed by atoms with E-state index in [4.69, 9.17) is 16.3 Å². The largest absolute Gasteiger partial charge is 0.460 e. The van der Waals surface area contributed by atoms with Gasteiger partial charge in [-0.2, -0.15) is 18.2 Å². The van der Waals surface area contributed by atoms with Gasteiger partial charge in [0.1, 0.15) is 5.38 Å². The van der Waals surface area contributed by atoms with E-state index < -0.39 is 17.1 Å². The highest BCUT2D eigenvalue weighted by atomic mass is 35.5. The van der Waals surface area contributed by atoms with Crippen LogP contribution in [0.2, 0.25) is 0 Å². The van der Waals surface area contributed by atoms with Crippen LogP contribution in [-0.4, -0.2) is 32.2 Å². The van der Waals surface area contributed by atoms with Crippen LogP contribution in [0.1, 0.15) is 26.3 Å². The third-order valence-electron chi connectivity index (χ3n) is 4.14. The van der Waals surface area contributed by atoms with E-state index in [0.29, 0.717) is 22.8 Å². The first-order chi connectivity index (χ1) is 14.5. The molecule has 0 radical (unpaired) electrons. The van der Waals surface area contributed by atoms with Crippen molar-refractivity contribution in [2.45, 2.75) is 38.4 Å². The van der Waals surface area contributed by atoms with E-state index in [1.54, 1.807) is 31.2 Å². The minimum absolute atomic E-state index is 0.0956. The summed E-state index contributed by atoms with van der Waals surface area (Å²) in [5.41, 5.74) is 0.802. The average Bonchev–Trinajstić information content (AvgIpc) is 3.11. The molecule has 0 aliphatic rings. The Bertz CT molecular complexity index is 1050. The summed E-state index contributed by atoms with van der Waals surface area (Å²) in [7, 11) is 0. The summed E-state index contributed by atoms with van der Waals surface area (Å²) in [6.45, 7) is 5.19. The second-order valence-electron chi connectivity index (χ2n) is 7.02. The van der Waals surface area contributed by atoms with Crippen molar-refractivity contribution >= 4 is 23.2 Å². The quantitative estimate of drug-likeness (QED) is 0.515. The zero-order chi connectivity index (χ0) is 22.8. The highest BCUT2D eigenvalue weighted by Gasteiger charge is 2.30. The van der Waals surface area contributed by atoms with Gasteiger partial charge in [-0.3, -0.25) is 4.79 Å². The van der Waals surface area contributed by atoms with Crippen molar-refractivity contribution in [3.05, 3.63) is 54.1 Å². The molecular weight excluding hydrogens is 433 g/mol. The number of hydrogen-bond acceptors (Lipinski definition) is 4. The molecule has 1 heterocycles. The Morgan fingerprint density at radius 3 is 2.19 bits per heavy atom. The molecule has 164 valence electrons. The normalized spacial score (nSPS) is 12.6. The molecule has 0 fully saturated rings. The number of hydrogen-bond donors (Lipinski definition) is 1. The van der Waals surface area contributed by atoms with Crippen molar-refractivity contribution in [3.63, 3.8) is 0 Å². The number of carbonyl (C=O) groups is 1. The number of ether oxygens (including phenoxy) is 1. The highest BCUT2D eigenvalue weighted by Crippen LogP contribution is 2.31. The monoisotopic (exact) mass is 452 g/mol. The van der Waals surface area contributed by atoms with Crippen LogP contribution in [0.5, 0.6) is 6.01 Å². The van der Waals surface area contributed by atoms with Gasteiger partial charge in [0, 0.05) is 11.3 Å². The lowest BCUT2D eigenvalue weighted by Crippen LogP contribution is -2.20. The van der Waals surface area contributed by atoms with Crippen molar-refractivity contribution in [1.29, 1.82) is 0 Å². The summed E-state index contributed by atoms with van der Waals surface area (Å²) in [4.78, 5) is 16.1. The fourth-order valence-electron chi connectivity index (χ4n) is 2.66. The predicted molar refractivity (Wildman–Crippen MR) is 112 cm³/mol. The number of aromatic nitrogens is 3. The summed E-state index contributed by atoms with van der Waals surface area (Å²) in [5.74, 6) is -0.0243. The van der Waals surface area contributed by atoms with Crippen molar-refractivity contribution < 1.29 is 22.7 Å². The van der Waals surface area contributed by atoms with Gasteiger partial charge in [-0.1, -0.05) is 12.1 Å². The molecule has 1 atom stereocenters. The van der Waals surface area contributed by atoms with E-state index in [2.05, 4.69) is 15.4 Å². The van der Waals surface area contributed by atoms with Gasteiger partial charge in [0.2, 0.25) is 5.91 Å². The zero-order valence-electron chi connectivity index (χ0n) is 16.9. The molecule has 1 N–H and O–H groups in total. The van der Waals surface area contributed by atoms with Crippen LogP contribution in [-0.2, 0) is 11.0 Å². The average molecular weight is 453 g/mol. The minimum Gasteiger partial charge on any atom is -0.460 e. The molecule has 3 rings (SSSR count). The van der Waals surface area contributed by atoms with E-state index in [1.165, 1.54) is 16.8 Å². The minimum atomic E-state index is -4.43. The molecule has 0 spiro atoms. The van der Waals surface area contributed by atoms with Gasteiger partial charge in [0.25, 0.3) is 0 Å². The summed E-state index contributed by atoms with van der Waals surface area (Å²) in [6.07, 6.45) is -4.62. The number of nitrogens with one attached hydrogen (secondary N) is 1. The van der Waals surface area contributed by atoms with E-state index in [1.807, 2.05) is 13.8 Å². The van der Waals surface area contributed by atoms with E-state index in [-0.39, 0.29) is 18.0 Å². The molecule has 2 aromatic carbocycles. The maximum atomic E-state index is 12.9. The third kappa shape index (κ3) is 5.55. The Morgan fingerprint density at radius 1 is 1.06 bits per heavy atom. The van der Waals surface area contributed by atoms with Crippen LogP contribution in [0.4, 0.5) is 18.9 Å². The number of anilines is 1. The number of alkyl halides is 4. The van der Waals surface area contributed by atoms with Crippen LogP contribution < -0.4 is 10.1 Å². The number of benzene rings is 2. The number of carbonyl (C=O) groups excluding carboxylic acids is 1. The third-order valence-corrected chi connectivity index (χ3v) is 4.34. The highest BCUT2D eigenvalue weighted by molar-refractivity contribution is 6.32. The van der Waals surface area contributed by atoms with Crippen LogP contribution in [0.15, 0.2) is 48.5 Å². The lowest BCUT2D eigenvalue weighted by atomic mass is 10.1. The van der Waals surface area contributed by atoms with Crippen LogP contribution >= 0.6 is 11.6 Å². The molecule has 3 aromatic rings. The van der Waals surface area contributed by atoms with Gasteiger partial charge in [0.05, 0.1) is 17.4 Å². The first-order valence-electron chi connectivity index (χ1n) is 9.41. The zero-order valence-corrected chi connectivity index (χ0v) is 17.7. The van der Waals surface area contributed by atoms with Crippen molar-refractivity contribution in [1.82, 2.24) is 14.8 Å². The molecule has 6 nitrogen and oxygen atoms in total. The fraction of sp³-hybridized carbons (Fsp3) is 0.286. The number of rotatable bonds is 6. The summed E-state index contributed by atoms with van der Waals surface area (Å²) in [5, 5.41) is 6.33. The van der Waals surface area contributed by atoms with Gasteiger partial charge >= 0.3 is 12.2 Å². The molecule has 10 heteroatoms. The SMILES string of the molecule is CC(C)Oc1nc(-c2ccc(C(F)(F)F)cc2)n(-c2ccc(NC(=O)C(C)Cl)cc2)n1. The molecule has 1 amide bonds. The van der Waals surface area contributed by atoms with E-state index in [9.17, 15) is 18.0 Å². The predicted octanol–water partition coefficient (Wildman–Crippen LogP) is 5.31. The Morgan fingerprint density at radius 2 is 1.68 bits per heavy atom.